The lowest BCUT2D eigenvalue weighted by molar-refractivity contribution is -0.721. The summed E-state index contributed by atoms with van der Waals surface area (Å²) >= 11 is 1.45. The maximum absolute atomic E-state index is 11.9. The number of aromatic nitrogens is 2. The quantitative estimate of drug-likeness (QED) is 0.467. The molecule has 0 spiro atoms. The number of hydrogen-bond donors (Lipinski definition) is 1. The maximum atomic E-state index is 11.9. The van der Waals surface area contributed by atoms with Crippen LogP contribution in [0.4, 0.5) is 0 Å². The van der Waals surface area contributed by atoms with Gasteiger partial charge in [-0.15, -0.1) is 0 Å². The van der Waals surface area contributed by atoms with Crippen LogP contribution in [0, 0.1) is 6.92 Å². The Bertz CT molecular complexity index is 438. The fraction of sp³-hybridized carbons (Fsp3) is 0.600. The van der Waals surface area contributed by atoms with Gasteiger partial charge in [0.2, 0.25) is 0 Å². The third-order valence-electron chi connectivity index (χ3n) is 2.38. The molecule has 0 saturated heterocycles. The highest BCUT2D eigenvalue weighted by atomic mass is 32.2. The van der Waals surface area contributed by atoms with Gasteiger partial charge in [0.15, 0.2) is 0 Å². The molecule has 0 atom stereocenters. The SMILES string of the molecule is CSc1n(C(C)C)c(=O)c(C)c(O)[n+]1C. The number of nitrogens with zero attached hydrogens (tertiary/aromatic N) is 2. The summed E-state index contributed by atoms with van der Waals surface area (Å²) in [6.45, 7) is 5.55. The Kier molecular flexibility index (Phi) is 3.44. The Morgan fingerprint density at radius 1 is 1.47 bits per heavy atom. The fourth-order valence-electron chi connectivity index (χ4n) is 1.56. The molecule has 0 bridgehead atoms. The molecule has 5 heteroatoms. The first-order valence-corrected chi connectivity index (χ1v) is 6.02. The topological polar surface area (TPSA) is 46.1 Å². The number of hydrogen-bond acceptors (Lipinski definition) is 3. The van der Waals surface area contributed by atoms with Crippen LogP contribution >= 0.6 is 11.8 Å². The van der Waals surface area contributed by atoms with E-state index in [1.807, 2.05) is 20.1 Å². The van der Waals surface area contributed by atoms with Gasteiger partial charge in [0.1, 0.15) is 5.56 Å². The monoisotopic (exact) mass is 229 g/mol. The van der Waals surface area contributed by atoms with Gasteiger partial charge in [-0.2, -0.15) is 9.13 Å². The van der Waals surface area contributed by atoms with Crippen molar-refractivity contribution in [3.05, 3.63) is 15.9 Å². The normalized spacial score (nSPS) is 11.1. The molecule has 0 radical (unpaired) electrons. The van der Waals surface area contributed by atoms with Crippen LogP contribution in [0.1, 0.15) is 25.5 Å². The number of thioether (sulfide) groups is 1. The molecule has 1 rings (SSSR count). The van der Waals surface area contributed by atoms with Gasteiger partial charge >= 0.3 is 10.7 Å². The molecule has 1 heterocycles. The van der Waals surface area contributed by atoms with Crippen LogP contribution in [-0.2, 0) is 7.05 Å². The molecule has 0 unspecified atom stereocenters. The van der Waals surface area contributed by atoms with Crippen molar-refractivity contribution in [2.45, 2.75) is 32.0 Å². The van der Waals surface area contributed by atoms with Gasteiger partial charge < -0.3 is 5.11 Å². The second-order valence-corrected chi connectivity index (χ2v) is 4.54. The summed E-state index contributed by atoms with van der Waals surface area (Å²) < 4.78 is 3.33. The molecule has 0 aliphatic carbocycles. The lowest BCUT2D eigenvalue weighted by Crippen LogP contribution is -2.42. The Morgan fingerprint density at radius 2 is 2.00 bits per heavy atom. The molecule has 0 amide bonds. The lowest BCUT2D eigenvalue weighted by atomic mass is 10.3. The van der Waals surface area contributed by atoms with Crippen LogP contribution in [0.3, 0.4) is 0 Å². The van der Waals surface area contributed by atoms with Gasteiger partial charge in [-0.1, -0.05) is 0 Å². The predicted molar refractivity (Wildman–Crippen MR) is 60.4 cm³/mol. The Morgan fingerprint density at radius 3 is 2.40 bits per heavy atom. The van der Waals surface area contributed by atoms with Crippen LogP contribution in [0.15, 0.2) is 9.95 Å². The molecule has 1 aromatic heterocycles. The molecule has 0 saturated carbocycles. The molecule has 4 nitrogen and oxygen atoms in total. The van der Waals surface area contributed by atoms with Crippen molar-refractivity contribution < 1.29 is 9.67 Å². The second-order valence-electron chi connectivity index (χ2n) is 3.76. The number of rotatable bonds is 2. The fourth-order valence-corrected chi connectivity index (χ4v) is 2.41. The van der Waals surface area contributed by atoms with E-state index in [1.54, 1.807) is 23.1 Å². The van der Waals surface area contributed by atoms with Gasteiger partial charge in [0.05, 0.1) is 13.1 Å². The van der Waals surface area contributed by atoms with Crippen LogP contribution in [0.2, 0.25) is 0 Å². The highest BCUT2D eigenvalue weighted by molar-refractivity contribution is 7.98. The van der Waals surface area contributed by atoms with Crippen molar-refractivity contribution in [2.75, 3.05) is 6.26 Å². The minimum atomic E-state index is -0.120. The summed E-state index contributed by atoms with van der Waals surface area (Å²) in [4.78, 5) is 11.9. The zero-order chi connectivity index (χ0) is 11.7. The Balaban J connectivity index is 3.71. The predicted octanol–water partition coefficient (Wildman–Crippen LogP) is 0.990. The largest absolute Gasteiger partial charge is 0.477 e. The molecule has 1 N–H and O–H groups in total. The molecule has 0 aromatic carbocycles. The zero-order valence-corrected chi connectivity index (χ0v) is 10.6. The third kappa shape index (κ3) is 1.88. The zero-order valence-electron chi connectivity index (χ0n) is 9.74. The summed E-state index contributed by atoms with van der Waals surface area (Å²) in [5, 5.41) is 10.5. The highest BCUT2D eigenvalue weighted by Gasteiger charge is 2.24. The van der Waals surface area contributed by atoms with Crippen molar-refractivity contribution in [1.29, 1.82) is 0 Å². The van der Waals surface area contributed by atoms with E-state index in [9.17, 15) is 9.90 Å². The van der Waals surface area contributed by atoms with E-state index in [1.165, 1.54) is 11.8 Å². The molecule has 0 aliphatic rings. The number of aromatic hydroxyl groups is 1. The van der Waals surface area contributed by atoms with E-state index in [0.717, 1.165) is 5.16 Å². The van der Waals surface area contributed by atoms with E-state index in [4.69, 9.17) is 0 Å². The first kappa shape index (κ1) is 12.1. The average Bonchev–Trinajstić information content (AvgIpc) is 2.19. The van der Waals surface area contributed by atoms with Gasteiger partial charge in [-0.3, -0.25) is 0 Å². The van der Waals surface area contributed by atoms with E-state index in [0.29, 0.717) is 5.56 Å². The lowest BCUT2D eigenvalue weighted by Gasteiger charge is -2.11. The van der Waals surface area contributed by atoms with Gasteiger partial charge in [0, 0.05) is 0 Å². The molecular formula is C10H17N2O2S+. The van der Waals surface area contributed by atoms with Gasteiger partial charge in [-0.25, -0.2) is 4.79 Å². The minimum Gasteiger partial charge on any atom is -0.477 e. The van der Waals surface area contributed by atoms with Crippen LogP contribution < -0.4 is 10.1 Å². The molecule has 0 fully saturated rings. The van der Waals surface area contributed by atoms with E-state index in [2.05, 4.69) is 0 Å². The van der Waals surface area contributed by atoms with E-state index < -0.39 is 0 Å². The highest BCUT2D eigenvalue weighted by Crippen LogP contribution is 2.16. The van der Waals surface area contributed by atoms with E-state index in [-0.39, 0.29) is 17.5 Å². The Hall–Kier alpha value is -0.970. The van der Waals surface area contributed by atoms with Crippen molar-refractivity contribution in [2.24, 2.45) is 7.05 Å². The van der Waals surface area contributed by atoms with Crippen LogP contribution in [0.5, 0.6) is 5.88 Å². The molecule has 15 heavy (non-hydrogen) atoms. The van der Waals surface area contributed by atoms with Crippen molar-refractivity contribution >= 4 is 11.8 Å². The van der Waals surface area contributed by atoms with Crippen LogP contribution in [-0.4, -0.2) is 15.9 Å². The van der Waals surface area contributed by atoms with Crippen molar-refractivity contribution in [3.8, 4) is 5.88 Å². The first-order chi connectivity index (χ1) is 6.91. The Labute approximate surface area is 93.6 Å². The molecule has 0 aliphatic heterocycles. The van der Waals surface area contributed by atoms with Gasteiger partial charge in [-0.05, 0) is 38.8 Å². The second kappa shape index (κ2) is 4.26. The third-order valence-corrected chi connectivity index (χ3v) is 3.22. The standard InChI is InChI=1S/C10H16N2O2S/c1-6(2)12-9(14)7(3)8(13)11(4)10(12)15-5/h6H,1-5H3/p+1. The minimum absolute atomic E-state index is 0.0428. The van der Waals surface area contributed by atoms with E-state index >= 15 is 0 Å². The molecular weight excluding hydrogens is 212 g/mol. The molecule has 84 valence electrons. The average molecular weight is 229 g/mol. The summed E-state index contributed by atoms with van der Waals surface area (Å²) in [6.07, 6.45) is 1.89. The van der Waals surface area contributed by atoms with Crippen LogP contribution in [0.25, 0.3) is 0 Å². The summed E-state index contributed by atoms with van der Waals surface area (Å²) in [5.74, 6) is 0.0428. The first-order valence-electron chi connectivity index (χ1n) is 4.79. The summed E-state index contributed by atoms with van der Waals surface area (Å²) in [5.41, 5.74) is 0.272. The summed E-state index contributed by atoms with van der Waals surface area (Å²) in [7, 11) is 1.76. The van der Waals surface area contributed by atoms with Crippen molar-refractivity contribution in [1.82, 2.24) is 4.57 Å². The van der Waals surface area contributed by atoms with Crippen molar-refractivity contribution in [3.63, 3.8) is 0 Å². The smallest absolute Gasteiger partial charge is 0.345 e. The van der Waals surface area contributed by atoms with Gasteiger partial charge in [0.25, 0.3) is 5.88 Å². The maximum Gasteiger partial charge on any atom is 0.345 e. The molecule has 1 aromatic rings. The summed E-state index contributed by atoms with van der Waals surface area (Å²) in [6, 6.07) is 0.0884.